The molecule has 0 unspecified atom stereocenters. The smallest absolute Gasteiger partial charge is 0.162 e. The molecule has 2 aromatic heterocycles. The summed E-state index contributed by atoms with van der Waals surface area (Å²) < 4.78 is 7.81. The first kappa shape index (κ1) is 16.7. The molecule has 2 aromatic carbocycles. The number of hydrogen-bond acceptors (Lipinski definition) is 5. The maximum atomic E-state index is 6.05. The minimum Gasteiger partial charge on any atom is -0.489 e. The van der Waals surface area contributed by atoms with E-state index in [0.717, 1.165) is 41.2 Å². The van der Waals surface area contributed by atoms with Gasteiger partial charge in [0.25, 0.3) is 0 Å². The summed E-state index contributed by atoms with van der Waals surface area (Å²) in [6, 6.07) is 18.9. The summed E-state index contributed by atoms with van der Waals surface area (Å²) in [5, 5.41) is 4.25. The first-order chi connectivity index (χ1) is 13.9. The Morgan fingerprint density at radius 3 is 2.79 bits per heavy atom. The van der Waals surface area contributed by atoms with Gasteiger partial charge in [0.2, 0.25) is 0 Å². The zero-order valence-corrected chi connectivity index (χ0v) is 15.5. The van der Waals surface area contributed by atoms with Gasteiger partial charge in [-0.25, -0.2) is 14.5 Å². The summed E-state index contributed by atoms with van der Waals surface area (Å²) in [4.78, 5) is 11.1. The lowest BCUT2D eigenvalue weighted by atomic mass is 9.91. The van der Waals surface area contributed by atoms with Gasteiger partial charge >= 0.3 is 0 Å². The van der Waals surface area contributed by atoms with Crippen LogP contribution in [0.5, 0.6) is 5.75 Å². The highest BCUT2D eigenvalue weighted by Gasteiger charge is 2.29. The van der Waals surface area contributed by atoms with Gasteiger partial charge in [-0.05, 0) is 37.0 Å². The molecular formula is C22H21N5O. The van der Waals surface area contributed by atoms with E-state index in [-0.39, 0.29) is 0 Å². The molecule has 28 heavy (non-hydrogen) atoms. The van der Waals surface area contributed by atoms with Crippen molar-refractivity contribution in [2.45, 2.75) is 31.9 Å². The average Bonchev–Trinajstić information content (AvgIpc) is 3.19. The Balaban J connectivity index is 1.47. The Morgan fingerprint density at radius 1 is 1.07 bits per heavy atom. The highest BCUT2D eigenvalue weighted by molar-refractivity contribution is 5.75. The van der Waals surface area contributed by atoms with E-state index < -0.39 is 0 Å². The highest BCUT2D eigenvalue weighted by atomic mass is 16.5. The lowest BCUT2D eigenvalue weighted by molar-refractivity contribution is 0.306. The van der Waals surface area contributed by atoms with Gasteiger partial charge in [-0.15, -0.1) is 0 Å². The molecule has 0 atom stereocenters. The molecule has 6 heteroatoms. The van der Waals surface area contributed by atoms with E-state index in [1.54, 1.807) is 17.2 Å². The predicted octanol–water partition coefficient (Wildman–Crippen LogP) is 4.39. The van der Waals surface area contributed by atoms with Crippen LogP contribution < -0.4 is 9.64 Å². The van der Waals surface area contributed by atoms with Crippen molar-refractivity contribution in [2.24, 2.45) is 0 Å². The van der Waals surface area contributed by atoms with E-state index in [0.29, 0.717) is 12.6 Å². The quantitative estimate of drug-likeness (QED) is 0.503. The molecule has 4 aromatic rings. The maximum Gasteiger partial charge on any atom is 0.162 e. The molecule has 5 rings (SSSR count). The van der Waals surface area contributed by atoms with Crippen molar-refractivity contribution in [2.75, 3.05) is 4.90 Å². The van der Waals surface area contributed by atoms with E-state index in [4.69, 9.17) is 4.74 Å². The number of rotatable bonds is 6. The molecule has 0 bridgehead atoms. The van der Waals surface area contributed by atoms with Crippen LogP contribution in [0, 0.1) is 0 Å². The van der Waals surface area contributed by atoms with Gasteiger partial charge in [0, 0.05) is 17.8 Å². The molecule has 1 saturated carbocycles. The number of anilines is 2. The first-order valence-corrected chi connectivity index (χ1v) is 9.58. The van der Waals surface area contributed by atoms with Crippen LogP contribution in [0.4, 0.5) is 11.5 Å². The second-order valence-electron chi connectivity index (χ2n) is 7.03. The van der Waals surface area contributed by atoms with Crippen molar-refractivity contribution in [3.05, 3.63) is 79.0 Å². The van der Waals surface area contributed by atoms with Crippen LogP contribution >= 0.6 is 0 Å². The minimum atomic E-state index is 0.429. The van der Waals surface area contributed by atoms with Gasteiger partial charge in [-0.1, -0.05) is 36.4 Å². The minimum absolute atomic E-state index is 0.429. The molecule has 6 nitrogen and oxygen atoms in total. The van der Waals surface area contributed by atoms with E-state index in [2.05, 4.69) is 44.2 Å². The molecule has 0 radical (unpaired) electrons. The maximum absolute atomic E-state index is 6.05. The molecule has 0 saturated heterocycles. The van der Waals surface area contributed by atoms with Crippen molar-refractivity contribution in [3.63, 3.8) is 0 Å². The monoisotopic (exact) mass is 371 g/mol. The molecule has 1 aliphatic rings. The van der Waals surface area contributed by atoms with Crippen LogP contribution in [-0.4, -0.2) is 25.6 Å². The summed E-state index contributed by atoms with van der Waals surface area (Å²) in [6.45, 7) is 0.550. The van der Waals surface area contributed by atoms with Crippen LogP contribution in [0.1, 0.15) is 24.8 Å². The fourth-order valence-electron chi connectivity index (χ4n) is 3.54. The van der Waals surface area contributed by atoms with Gasteiger partial charge in [-0.3, -0.25) is 0 Å². The Hall–Kier alpha value is -3.41. The Bertz CT molecular complexity index is 1070. The van der Waals surface area contributed by atoms with Crippen LogP contribution in [0.25, 0.3) is 5.52 Å². The second kappa shape index (κ2) is 7.31. The zero-order valence-electron chi connectivity index (χ0n) is 15.5. The number of nitrogens with zero attached hydrogens (tertiary/aromatic N) is 5. The Labute approximate surface area is 163 Å². The molecule has 1 fully saturated rings. The number of aromatic nitrogens is 4. The summed E-state index contributed by atoms with van der Waals surface area (Å²) in [7, 11) is 0. The van der Waals surface area contributed by atoms with E-state index in [1.165, 1.54) is 6.42 Å². The fraction of sp³-hybridized carbons (Fsp3) is 0.227. The third-order valence-electron chi connectivity index (χ3n) is 5.22. The van der Waals surface area contributed by atoms with E-state index in [9.17, 15) is 0 Å². The standard InChI is InChI=1S/C22H21N5O/c1-2-6-17(7-3-1)14-28-20-11-5-10-19(12-20)27(18-8-4-9-18)22-21-13-23-16-26(21)25-15-24-22/h1-3,5-7,10-13,15-16,18H,4,8-9,14H2. The number of ether oxygens (including phenoxy) is 1. The largest absolute Gasteiger partial charge is 0.489 e. The summed E-state index contributed by atoms with van der Waals surface area (Å²) in [5.74, 6) is 1.74. The van der Waals surface area contributed by atoms with Gasteiger partial charge in [0.05, 0.1) is 6.20 Å². The number of hydrogen-bond donors (Lipinski definition) is 0. The summed E-state index contributed by atoms with van der Waals surface area (Å²) in [5.41, 5.74) is 3.14. The van der Waals surface area contributed by atoms with Crippen molar-refractivity contribution >= 4 is 17.0 Å². The summed E-state index contributed by atoms with van der Waals surface area (Å²) in [6.07, 6.45) is 8.66. The van der Waals surface area contributed by atoms with Gasteiger partial charge in [-0.2, -0.15) is 5.10 Å². The Morgan fingerprint density at radius 2 is 1.96 bits per heavy atom. The van der Waals surface area contributed by atoms with Crippen LogP contribution in [-0.2, 0) is 6.61 Å². The topological polar surface area (TPSA) is 55.5 Å². The van der Waals surface area contributed by atoms with Crippen molar-refractivity contribution in [1.82, 2.24) is 19.6 Å². The molecule has 2 heterocycles. The normalized spacial score (nSPS) is 14.0. The fourth-order valence-corrected chi connectivity index (χ4v) is 3.54. The lowest BCUT2D eigenvalue weighted by Crippen LogP contribution is -2.37. The molecule has 0 aliphatic heterocycles. The van der Waals surface area contributed by atoms with Crippen molar-refractivity contribution in [3.8, 4) is 5.75 Å². The van der Waals surface area contributed by atoms with Crippen molar-refractivity contribution in [1.29, 1.82) is 0 Å². The average molecular weight is 371 g/mol. The van der Waals surface area contributed by atoms with Crippen LogP contribution in [0.3, 0.4) is 0 Å². The predicted molar refractivity (Wildman–Crippen MR) is 108 cm³/mol. The second-order valence-corrected chi connectivity index (χ2v) is 7.03. The van der Waals surface area contributed by atoms with Gasteiger partial charge in [0.1, 0.15) is 30.5 Å². The van der Waals surface area contributed by atoms with E-state index in [1.807, 2.05) is 36.5 Å². The highest BCUT2D eigenvalue weighted by Crippen LogP contribution is 2.38. The third-order valence-corrected chi connectivity index (χ3v) is 5.22. The molecule has 0 amide bonds. The number of fused-ring (bicyclic) bond motifs is 1. The molecule has 0 N–H and O–H groups in total. The number of benzene rings is 2. The summed E-state index contributed by atoms with van der Waals surface area (Å²) >= 11 is 0. The van der Waals surface area contributed by atoms with Gasteiger partial charge in [0.15, 0.2) is 5.82 Å². The molecule has 0 spiro atoms. The van der Waals surface area contributed by atoms with Gasteiger partial charge < -0.3 is 9.64 Å². The first-order valence-electron chi connectivity index (χ1n) is 9.58. The lowest BCUT2D eigenvalue weighted by Gasteiger charge is -2.38. The Kier molecular flexibility index (Phi) is 4.37. The number of imidazole rings is 1. The molecular weight excluding hydrogens is 350 g/mol. The zero-order chi connectivity index (χ0) is 18.8. The SMILES string of the molecule is c1ccc(COc2cccc(N(c3ncnn4cncc34)C3CCC3)c2)cc1. The van der Waals surface area contributed by atoms with E-state index >= 15 is 0 Å². The molecule has 140 valence electrons. The third kappa shape index (κ3) is 3.17. The van der Waals surface area contributed by atoms with Crippen LogP contribution in [0.2, 0.25) is 0 Å². The van der Waals surface area contributed by atoms with Crippen molar-refractivity contribution < 1.29 is 4.74 Å². The van der Waals surface area contributed by atoms with Crippen LogP contribution in [0.15, 0.2) is 73.4 Å². The molecule has 1 aliphatic carbocycles.